The Morgan fingerprint density at radius 1 is 1.23 bits per heavy atom. The molecule has 0 aliphatic rings. The number of nitrogens with one attached hydrogen (secondary N) is 1. The molecule has 3 rings (SSSR count). The molecule has 0 fully saturated rings. The second-order valence-electron chi connectivity index (χ2n) is 5.53. The van der Waals surface area contributed by atoms with Crippen molar-refractivity contribution >= 4 is 22.4 Å². The van der Waals surface area contributed by atoms with Gasteiger partial charge in [-0.15, -0.1) is 11.3 Å². The summed E-state index contributed by atoms with van der Waals surface area (Å²) in [7, 11) is 0. The van der Waals surface area contributed by atoms with Crippen molar-refractivity contribution in [1.82, 2.24) is 14.8 Å². The highest BCUT2D eigenvalue weighted by Gasteiger charge is 2.33. The van der Waals surface area contributed by atoms with Crippen molar-refractivity contribution in [3.63, 3.8) is 0 Å². The van der Waals surface area contributed by atoms with Crippen molar-refractivity contribution in [2.24, 2.45) is 0 Å². The highest BCUT2D eigenvalue weighted by atomic mass is 32.1. The summed E-state index contributed by atoms with van der Waals surface area (Å²) in [6.07, 6.45) is -2.47. The predicted molar refractivity (Wildman–Crippen MR) is 92.8 cm³/mol. The van der Waals surface area contributed by atoms with E-state index >= 15 is 0 Å². The maximum atomic E-state index is 12.5. The number of rotatable bonds is 5. The molecule has 9 heteroatoms. The zero-order valence-corrected chi connectivity index (χ0v) is 14.6. The van der Waals surface area contributed by atoms with Crippen molar-refractivity contribution in [3.8, 4) is 11.3 Å². The first-order valence-corrected chi connectivity index (χ1v) is 8.68. The Labute approximate surface area is 151 Å². The van der Waals surface area contributed by atoms with Crippen molar-refractivity contribution in [2.45, 2.75) is 26.1 Å². The lowest BCUT2D eigenvalue weighted by molar-refractivity contribution is -0.141. The summed E-state index contributed by atoms with van der Waals surface area (Å²) in [5.41, 5.74) is 1.85. The second-order valence-corrected chi connectivity index (χ2v) is 6.39. The highest BCUT2D eigenvalue weighted by Crippen LogP contribution is 2.27. The van der Waals surface area contributed by atoms with Gasteiger partial charge >= 0.3 is 6.18 Å². The van der Waals surface area contributed by atoms with E-state index in [1.807, 2.05) is 29.6 Å². The Balaban J connectivity index is 1.63. The number of thiazole rings is 1. The first kappa shape index (κ1) is 18.1. The highest BCUT2D eigenvalue weighted by molar-refractivity contribution is 7.14. The van der Waals surface area contributed by atoms with Crippen LogP contribution in [0.2, 0.25) is 0 Å². The zero-order chi connectivity index (χ0) is 18.7. The Morgan fingerprint density at radius 2 is 1.96 bits per heavy atom. The van der Waals surface area contributed by atoms with E-state index in [1.54, 1.807) is 0 Å². The van der Waals surface area contributed by atoms with Gasteiger partial charge in [0.15, 0.2) is 10.8 Å². The molecule has 0 unspecified atom stereocenters. The molecule has 0 aliphatic heterocycles. The number of benzene rings is 1. The Hall–Kier alpha value is -2.68. The van der Waals surface area contributed by atoms with Gasteiger partial charge in [-0.2, -0.15) is 18.3 Å². The van der Waals surface area contributed by atoms with Gasteiger partial charge in [0.05, 0.1) is 5.69 Å². The fraction of sp³-hybridized carbons (Fsp3) is 0.235. The summed E-state index contributed by atoms with van der Waals surface area (Å²) in [5.74, 6) is -0.496. The summed E-state index contributed by atoms with van der Waals surface area (Å²) in [5, 5.41) is 8.12. The summed E-state index contributed by atoms with van der Waals surface area (Å²) >= 11 is 1.25. The third-order valence-electron chi connectivity index (χ3n) is 3.65. The van der Waals surface area contributed by atoms with E-state index in [-0.39, 0.29) is 6.54 Å². The van der Waals surface area contributed by atoms with Crippen LogP contribution >= 0.6 is 11.3 Å². The predicted octanol–water partition coefficient (Wildman–Crippen LogP) is 4.23. The third-order valence-corrected chi connectivity index (χ3v) is 4.40. The number of hydrogen-bond acceptors (Lipinski definition) is 4. The number of aromatic nitrogens is 3. The number of aryl methyl sites for hydroxylation is 1. The summed E-state index contributed by atoms with van der Waals surface area (Å²) < 4.78 is 38.5. The Kier molecular flexibility index (Phi) is 5.08. The van der Waals surface area contributed by atoms with E-state index in [4.69, 9.17) is 0 Å². The molecule has 0 radical (unpaired) electrons. The minimum atomic E-state index is -4.53. The molecule has 0 spiro atoms. The van der Waals surface area contributed by atoms with Gasteiger partial charge in [0, 0.05) is 17.1 Å². The number of nitrogens with zero attached hydrogens (tertiary/aromatic N) is 3. The van der Waals surface area contributed by atoms with Crippen LogP contribution in [0.4, 0.5) is 18.3 Å². The van der Waals surface area contributed by atoms with Gasteiger partial charge in [-0.05, 0) is 18.1 Å². The smallest absolute Gasteiger partial charge is 0.300 e. The van der Waals surface area contributed by atoms with Crippen LogP contribution in [0.25, 0.3) is 11.3 Å². The summed E-state index contributed by atoms with van der Waals surface area (Å²) in [6.45, 7) is 1.75. The molecule has 1 amide bonds. The number of hydrogen-bond donors (Lipinski definition) is 1. The maximum Gasteiger partial charge on any atom is 0.435 e. The van der Waals surface area contributed by atoms with E-state index in [1.165, 1.54) is 16.9 Å². The Morgan fingerprint density at radius 3 is 2.58 bits per heavy atom. The van der Waals surface area contributed by atoms with Crippen LogP contribution in [-0.4, -0.2) is 20.7 Å². The van der Waals surface area contributed by atoms with E-state index in [2.05, 4.69) is 22.3 Å². The number of carbonyl (C=O) groups is 1. The molecule has 3 aromatic rings. The largest absolute Gasteiger partial charge is 0.435 e. The minimum Gasteiger partial charge on any atom is -0.300 e. The lowest BCUT2D eigenvalue weighted by atomic mass is 10.1. The van der Waals surface area contributed by atoms with E-state index in [9.17, 15) is 18.0 Å². The van der Waals surface area contributed by atoms with Gasteiger partial charge in [-0.1, -0.05) is 31.2 Å². The number of alkyl halides is 3. The van der Waals surface area contributed by atoms with Crippen molar-refractivity contribution in [3.05, 3.63) is 53.2 Å². The number of anilines is 1. The van der Waals surface area contributed by atoms with Gasteiger partial charge in [0.2, 0.25) is 5.91 Å². The lowest BCUT2D eigenvalue weighted by Gasteiger charge is -2.03. The molecule has 0 atom stereocenters. The molecule has 0 bridgehead atoms. The molecule has 2 heterocycles. The van der Waals surface area contributed by atoms with Gasteiger partial charge in [0.1, 0.15) is 6.54 Å². The average Bonchev–Trinajstić information content (AvgIpc) is 3.24. The first-order chi connectivity index (χ1) is 12.3. The standard InChI is InChI=1S/C17H15F3N4OS/c1-2-11-3-5-12(6-4-11)13-10-26-16(21-13)22-15(25)9-24-8-7-14(23-24)17(18,19)20/h3-8,10H,2,9H2,1H3,(H,21,22,25). The molecule has 0 saturated heterocycles. The Bertz CT molecular complexity index is 899. The molecule has 5 nitrogen and oxygen atoms in total. The molecule has 0 aliphatic carbocycles. The van der Waals surface area contributed by atoms with Crippen molar-refractivity contribution < 1.29 is 18.0 Å². The normalized spacial score (nSPS) is 11.5. The topological polar surface area (TPSA) is 59.8 Å². The summed E-state index contributed by atoms with van der Waals surface area (Å²) in [4.78, 5) is 16.3. The molecule has 1 aromatic carbocycles. The van der Waals surface area contributed by atoms with Crippen molar-refractivity contribution in [1.29, 1.82) is 0 Å². The van der Waals surface area contributed by atoms with Gasteiger partial charge in [-0.25, -0.2) is 4.98 Å². The van der Waals surface area contributed by atoms with E-state index in [0.717, 1.165) is 34.6 Å². The van der Waals surface area contributed by atoms with Crippen LogP contribution in [0.15, 0.2) is 41.9 Å². The molecule has 2 aromatic heterocycles. The van der Waals surface area contributed by atoms with E-state index in [0.29, 0.717) is 5.13 Å². The summed E-state index contributed by atoms with van der Waals surface area (Å²) in [6, 6.07) is 8.78. The fourth-order valence-corrected chi connectivity index (χ4v) is 3.02. The van der Waals surface area contributed by atoms with Crippen LogP contribution in [0.1, 0.15) is 18.2 Å². The van der Waals surface area contributed by atoms with Crippen LogP contribution in [0.3, 0.4) is 0 Å². The molecular weight excluding hydrogens is 365 g/mol. The van der Waals surface area contributed by atoms with Crippen LogP contribution in [-0.2, 0) is 23.9 Å². The lowest BCUT2D eigenvalue weighted by Crippen LogP contribution is -2.19. The molecular formula is C17H15F3N4OS. The minimum absolute atomic E-state index is 0.323. The quantitative estimate of drug-likeness (QED) is 0.721. The fourth-order valence-electron chi connectivity index (χ4n) is 2.28. The van der Waals surface area contributed by atoms with E-state index < -0.39 is 17.8 Å². The van der Waals surface area contributed by atoms with Gasteiger partial charge in [-0.3, -0.25) is 9.48 Å². The van der Waals surface area contributed by atoms with Crippen LogP contribution in [0, 0.1) is 0 Å². The third kappa shape index (κ3) is 4.29. The van der Waals surface area contributed by atoms with Crippen LogP contribution < -0.4 is 5.32 Å². The maximum absolute atomic E-state index is 12.5. The monoisotopic (exact) mass is 380 g/mol. The van der Waals surface area contributed by atoms with Gasteiger partial charge in [0.25, 0.3) is 0 Å². The first-order valence-electron chi connectivity index (χ1n) is 7.80. The van der Waals surface area contributed by atoms with Gasteiger partial charge < -0.3 is 5.32 Å². The number of amides is 1. The molecule has 26 heavy (non-hydrogen) atoms. The van der Waals surface area contributed by atoms with Crippen LogP contribution in [0.5, 0.6) is 0 Å². The molecule has 136 valence electrons. The molecule has 1 N–H and O–H groups in total. The number of halogens is 3. The second kappa shape index (κ2) is 7.28. The average molecular weight is 380 g/mol. The number of carbonyl (C=O) groups excluding carboxylic acids is 1. The zero-order valence-electron chi connectivity index (χ0n) is 13.7. The SMILES string of the molecule is CCc1ccc(-c2csc(NC(=O)Cn3ccc(C(F)(F)F)n3)n2)cc1. The van der Waals surface area contributed by atoms with Crippen molar-refractivity contribution in [2.75, 3.05) is 5.32 Å². The molecule has 0 saturated carbocycles.